The molecule has 0 radical (unpaired) electrons. The van der Waals surface area contributed by atoms with Gasteiger partial charge in [0.1, 0.15) is 6.04 Å². The van der Waals surface area contributed by atoms with Crippen molar-refractivity contribution in [3.05, 3.63) is 23.8 Å². The topological polar surface area (TPSA) is 214 Å². The fourth-order valence-electron chi connectivity index (χ4n) is 1.91. The summed E-state index contributed by atoms with van der Waals surface area (Å²) in [5.74, 6) is -3.07. The summed E-state index contributed by atoms with van der Waals surface area (Å²) >= 11 is 0. The zero-order valence-electron chi connectivity index (χ0n) is 13.2. The van der Waals surface area contributed by atoms with Crippen molar-refractivity contribution in [2.45, 2.75) is 6.04 Å². The number of urea groups is 1. The average molecular weight is 403 g/mol. The van der Waals surface area contributed by atoms with E-state index in [4.69, 9.17) is 10.2 Å². The molecule has 15 heteroatoms. The Bertz CT molecular complexity index is 916. The fourth-order valence-corrected chi connectivity index (χ4v) is 2.53. The molecule has 14 nitrogen and oxygen atoms in total. The number of carbonyl (C=O) groups is 4. The molecule has 1 aliphatic rings. The molecule has 0 bridgehead atoms. The number of nitrogens with zero attached hydrogens (tertiary/aromatic N) is 1. The van der Waals surface area contributed by atoms with E-state index in [-0.39, 0.29) is 12.1 Å². The minimum atomic E-state index is -4.61. The van der Waals surface area contributed by atoms with Gasteiger partial charge in [0.05, 0.1) is 6.54 Å². The SMILES string of the molecule is O=C(O)NC1CN(C(=O)NS(=O)(=O)NNC(=O)c2ccc(O)c(O)c2)C1=O. The summed E-state index contributed by atoms with van der Waals surface area (Å²) in [5.41, 5.74) is 1.53. The van der Waals surface area contributed by atoms with Gasteiger partial charge in [0.25, 0.3) is 11.8 Å². The monoisotopic (exact) mass is 403 g/mol. The number of hydrazine groups is 1. The van der Waals surface area contributed by atoms with Crippen molar-refractivity contribution in [2.24, 2.45) is 0 Å². The average Bonchev–Trinajstić information content (AvgIpc) is 2.57. The van der Waals surface area contributed by atoms with E-state index in [1.807, 2.05) is 5.32 Å². The number of carbonyl (C=O) groups excluding carboxylic acids is 3. The zero-order valence-corrected chi connectivity index (χ0v) is 14.0. The Morgan fingerprint density at radius 1 is 1.15 bits per heavy atom. The highest BCUT2D eigenvalue weighted by molar-refractivity contribution is 7.88. The number of rotatable bonds is 5. The van der Waals surface area contributed by atoms with Gasteiger partial charge in [-0.1, -0.05) is 0 Å². The number of carboxylic acid groups (broad SMARTS) is 1. The lowest BCUT2D eigenvalue weighted by Gasteiger charge is -2.35. The van der Waals surface area contributed by atoms with Gasteiger partial charge in [0.15, 0.2) is 11.5 Å². The van der Waals surface area contributed by atoms with E-state index >= 15 is 0 Å². The maximum absolute atomic E-state index is 11.8. The molecule has 1 fully saturated rings. The minimum Gasteiger partial charge on any atom is -0.504 e. The second-order valence-corrected chi connectivity index (χ2v) is 6.54. The van der Waals surface area contributed by atoms with Crippen LogP contribution in [0.1, 0.15) is 10.4 Å². The van der Waals surface area contributed by atoms with Crippen LogP contribution in [0.4, 0.5) is 9.59 Å². The molecule has 1 aromatic carbocycles. The molecule has 0 saturated carbocycles. The first-order valence-corrected chi connectivity index (χ1v) is 8.45. The third kappa shape index (κ3) is 4.73. The van der Waals surface area contributed by atoms with Crippen molar-refractivity contribution in [1.82, 2.24) is 25.2 Å². The zero-order chi connectivity index (χ0) is 20.4. The Balaban J connectivity index is 1.88. The van der Waals surface area contributed by atoms with Crippen molar-refractivity contribution in [3.63, 3.8) is 0 Å². The maximum atomic E-state index is 11.8. The van der Waals surface area contributed by atoms with Crippen LogP contribution in [0.5, 0.6) is 11.5 Å². The van der Waals surface area contributed by atoms with Crippen LogP contribution in [0.3, 0.4) is 0 Å². The van der Waals surface area contributed by atoms with Gasteiger partial charge in [-0.15, -0.1) is 4.83 Å². The highest BCUT2D eigenvalue weighted by Gasteiger charge is 2.42. The number of benzene rings is 1. The molecule has 5 amide bonds. The first-order chi connectivity index (χ1) is 12.5. The molecule has 1 unspecified atom stereocenters. The first-order valence-electron chi connectivity index (χ1n) is 6.97. The Morgan fingerprint density at radius 3 is 2.37 bits per heavy atom. The second kappa shape index (κ2) is 7.34. The summed E-state index contributed by atoms with van der Waals surface area (Å²) in [6, 6.07) is 0.438. The Morgan fingerprint density at radius 2 is 1.81 bits per heavy atom. The molecule has 27 heavy (non-hydrogen) atoms. The van der Waals surface area contributed by atoms with Crippen LogP contribution in [0.25, 0.3) is 0 Å². The molecule has 1 aromatic rings. The highest BCUT2D eigenvalue weighted by Crippen LogP contribution is 2.24. The van der Waals surface area contributed by atoms with E-state index in [2.05, 4.69) is 0 Å². The molecular formula is C12H13N5O9S. The van der Waals surface area contributed by atoms with Crippen molar-refractivity contribution in [2.75, 3.05) is 6.54 Å². The number of phenols is 2. The van der Waals surface area contributed by atoms with Crippen LogP contribution in [-0.4, -0.2) is 65.2 Å². The lowest BCUT2D eigenvalue weighted by atomic mass is 10.1. The van der Waals surface area contributed by atoms with Gasteiger partial charge in [-0.2, -0.15) is 8.42 Å². The van der Waals surface area contributed by atoms with Crippen molar-refractivity contribution in [3.8, 4) is 11.5 Å². The molecule has 0 spiro atoms. The van der Waals surface area contributed by atoms with E-state index in [1.165, 1.54) is 9.55 Å². The molecule has 1 aliphatic heterocycles. The van der Waals surface area contributed by atoms with Crippen LogP contribution in [0, 0.1) is 0 Å². The van der Waals surface area contributed by atoms with Crippen LogP contribution in [-0.2, 0) is 15.0 Å². The molecule has 2 rings (SSSR count). The number of likely N-dealkylation sites (tertiary alicyclic amines) is 1. The van der Waals surface area contributed by atoms with Gasteiger partial charge >= 0.3 is 22.3 Å². The van der Waals surface area contributed by atoms with Gasteiger partial charge in [0, 0.05) is 5.56 Å². The fraction of sp³-hybridized carbons (Fsp3) is 0.167. The third-order valence-electron chi connectivity index (χ3n) is 3.23. The standard InChI is InChI=1S/C12H13N5O9S/c18-7-2-1-5(3-8(7)19)9(20)14-16-27(25,26)15-11(22)17-4-6(10(17)21)13-12(23)24/h1-3,6,13,16,18-19H,4H2,(H,14,20)(H,15,22)(H,23,24). The number of phenolic OH excluding ortho intramolecular Hbond substituents is 2. The van der Waals surface area contributed by atoms with Crippen LogP contribution >= 0.6 is 0 Å². The first kappa shape index (κ1) is 19.7. The summed E-state index contributed by atoms with van der Waals surface area (Å²) in [5, 5.41) is 28.7. The van der Waals surface area contributed by atoms with E-state index < -0.39 is 51.7 Å². The quantitative estimate of drug-likeness (QED) is 0.160. The molecule has 0 aliphatic carbocycles. The van der Waals surface area contributed by atoms with Crippen molar-refractivity contribution >= 4 is 34.1 Å². The van der Waals surface area contributed by atoms with Gasteiger partial charge < -0.3 is 20.6 Å². The number of nitrogens with one attached hydrogen (secondary N) is 4. The molecule has 1 heterocycles. The van der Waals surface area contributed by atoms with E-state index in [0.29, 0.717) is 4.90 Å². The van der Waals surface area contributed by atoms with Gasteiger partial charge in [-0.25, -0.2) is 14.3 Å². The number of hydrogen-bond donors (Lipinski definition) is 7. The molecule has 1 saturated heterocycles. The summed E-state index contributed by atoms with van der Waals surface area (Å²) in [6.07, 6.45) is -1.48. The molecule has 146 valence electrons. The highest BCUT2D eigenvalue weighted by atomic mass is 32.2. The summed E-state index contributed by atoms with van der Waals surface area (Å²) in [4.78, 5) is 47.4. The molecule has 1 atom stereocenters. The maximum Gasteiger partial charge on any atom is 0.405 e. The Labute approximate surface area is 150 Å². The minimum absolute atomic E-state index is 0.208. The summed E-state index contributed by atoms with van der Waals surface area (Å²) < 4.78 is 24.9. The van der Waals surface area contributed by atoms with Crippen LogP contribution in [0.2, 0.25) is 0 Å². The summed E-state index contributed by atoms with van der Waals surface area (Å²) in [7, 11) is -4.61. The smallest absolute Gasteiger partial charge is 0.405 e. The number of imide groups is 1. The van der Waals surface area contributed by atoms with E-state index in [9.17, 15) is 32.7 Å². The number of hydrogen-bond acceptors (Lipinski definition) is 8. The molecule has 7 N–H and O–H groups in total. The molecular weight excluding hydrogens is 390 g/mol. The van der Waals surface area contributed by atoms with Crippen molar-refractivity contribution < 1.29 is 42.9 Å². The number of amides is 5. The molecule has 0 aromatic heterocycles. The lowest BCUT2D eigenvalue weighted by Crippen LogP contribution is -2.68. The Kier molecular flexibility index (Phi) is 5.36. The normalized spacial score (nSPS) is 16.2. The number of aromatic hydroxyl groups is 2. The lowest BCUT2D eigenvalue weighted by molar-refractivity contribution is -0.138. The third-order valence-corrected chi connectivity index (χ3v) is 4.04. The van der Waals surface area contributed by atoms with Crippen molar-refractivity contribution in [1.29, 1.82) is 0 Å². The van der Waals surface area contributed by atoms with E-state index in [0.717, 1.165) is 18.2 Å². The summed E-state index contributed by atoms with van der Waals surface area (Å²) in [6.45, 7) is -0.369. The van der Waals surface area contributed by atoms with E-state index in [1.54, 1.807) is 5.43 Å². The Hall–Kier alpha value is -3.59. The predicted octanol–water partition coefficient (Wildman–Crippen LogP) is -2.23. The van der Waals surface area contributed by atoms with Gasteiger partial charge in [-0.3, -0.25) is 19.9 Å². The van der Waals surface area contributed by atoms with Crippen LogP contribution in [0.15, 0.2) is 18.2 Å². The largest absolute Gasteiger partial charge is 0.504 e. The van der Waals surface area contributed by atoms with Gasteiger partial charge in [-0.05, 0) is 18.2 Å². The van der Waals surface area contributed by atoms with Gasteiger partial charge in [0.2, 0.25) is 0 Å². The second-order valence-electron chi connectivity index (χ2n) is 5.12. The number of β-lactam (4-membered cyclic amide) rings is 1. The van der Waals surface area contributed by atoms with Crippen LogP contribution < -0.4 is 20.3 Å². The predicted molar refractivity (Wildman–Crippen MR) is 84.5 cm³/mol.